The molecule has 0 aromatic carbocycles. The topological polar surface area (TPSA) is 18.5 Å². The van der Waals surface area contributed by atoms with Crippen molar-refractivity contribution in [1.29, 1.82) is 0 Å². The molecule has 0 aromatic heterocycles. The normalized spacial score (nSPS) is 43.0. The first-order valence-corrected chi connectivity index (χ1v) is 8.81. The predicted molar refractivity (Wildman–Crippen MR) is 79.3 cm³/mol. The molecule has 4 heteroatoms. The quantitative estimate of drug-likeness (QED) is 0.813. The van der Waals surface area contributed by atoms with Crippen LogP contribution in [0.15, 0.2) is 0 Å². The molecule has 0 bridgehead atoms. The smallest absolute Gasteiger partial charge is 0.0355 e. The van der Waals surface area contributed by atoms with Crippen LogP contribution in [0, 0.1) is 0 Å². The van der Waals surface area contributed by atoms with Crippen molar-refractivity contribution >= 4 is 11.8 Å². The zero-order valence-electron chi connectivity index (χ0n) is 11.8. The second-order valence-electron chi connectivity index (χ2n) is 6.19. The van der Waals surface area contributed by atoms with Gasteiger partial charge >= 0.3 is 0 Å². The van der Waals surface area contributed by atoms with Gasteiger partial charge in [-0.3, -0.25) is 9.80 Å². The number of hydrogen-bond acceptors (Lipinski definition) is 4. The highest BCUT2D eigenvalue weighted by molar-refractivity contribution is 7.99. The number of rotatable bonds is 2. The van der Waals surface area contributed by atoms with Crippen LogP contribution in [0.4, 0.5) is 0 Å². The molecule has 0 aliphatic carbocycles. The molecular weight excluding hydrogens is 242 g/mol. The van der Waals surface area contributed by atoms with Crippen molar-refractivity contribution in [1.82, 2.24) is 15.1 Å². The van der Waals surface area contributed by atoms with Gasteiger partial charge in [-0.2, -0.15) is 11.8 Å². The summed E-state index contributed by atoms with van der Waals surface area (Å²) < 4.78 is 0. The van der Waals surface area contributed by atoms with Crippen LogP contribution in [-0.2, 0) is 0 Å². The van der Waals surface area contributed by atoms with Gasteiger partial charge in [0.15, 0.2) is 0 Å². The summed E-state index contributed by atoms with van der Waals surface area (Å²) in [6, 6.07) is 2.34. The molecule has 3 nitrogen and oxygen atoms in total. The van der Waals surface area contributed by atoms with E-state index in [2.05, 4.69) is 28.3 Å². The van der Waals surface area contributed by atoms with Gasteiger partial charge in [-0.05, 0) is 32.6 Å². The molecule has 4 unspecified atom stereocenters. The molecule has 3 aliphatic rings. The average molecular weight is 269 g/mol. The molecule has 3 saturated heterocycles. The number of nitrogens with zero attached hydrogens (tertiary/aromatic N) is 2. The maximum Gasteiger partial charge on any atom is 0.0355 e. The second-order valence-corrected chi connectivity index (χ2v) is 7.27. The Hall–Kier alpha value is 0.230. The third-order valence-corrected chi connectivity index (χ3v) is 6.18. The van der Waals surface area contributed by atoms with Crippen molar-refractivity contribution < 1.29 is 0 Å². The molecular formula is C14H27N3S. The number of thioether (sulfide) groups is 1. The van der Waals surface area contributed by atoms with Crippen molar-refractivity contribution in [2.24, 2.45) is 0 Å². The van der Waals surface area contributed by atoms with Crippen LogP contribution in [0.5, 0.6) is 0 Å². The van der Waals surface area contributed by atoms with Crippen LogP contribution in [0.1, 0.15) is 26.2 Å². The fourth-order valence-corrected chi connectivity index (χ4v) is 4.90. The monoisotopic (exact) mass is 269 g/mol. The zero-order chi connectivity index (χ0) is 12.5. The van der Waals surface area contributed by atoms with E-state index in [1.807, 2.05) is 11.8 Å². The molecule has 0 aromatic rings. The third kappa shape index (κ3) is 2.45. The van der Waals surface area contributed by atoms with E-state index in [0.29, 0.717) is 0 Å². The van der Waals surface area contributed by atoms with Gasteiger partial charge in [0.25, 0.3) is 0 Å². The lowest BCUT2D eigenvalue weighted by Gasteiger charge is -2.50. The maximum absolute atomic E-state index is 3.59. The van der Waals surface area contributed by atoms with Gasteiger partial charge in [0.05, 0.1) is 0 Å². The number of hydrogen-bond donors (Lipinski definition) is 1. The Kier molecular flexibility index (Phi) is 4.18. The van der Waals surface area contributed by atoms with Crippen LogP contribution >= 0.6 is 11.8 Å². The molecule has 104 valence electrons. The van der Waals surface area contributed by atoms with Crippen LogP contribution in [0.25, 0.3) is 0 Å². The largest absolute Gasteiger partial charge is 0.314 e. The Labute approximate surface area is 116 Å². The van der Waals surface area contributed by atoms with Gasteiger partial charge in [-0.25, -0.2) is 0 Å². The van der Waals surface area contributed by atoms with Crippen molar-refractivity contribution in [2.75, 3.05) is 39.0 Å². The van der Waals surface area contributed by atoms with E-state index < -0.39 is 0 Å². The van der Waals surface area contributed by atoms with Gasteiger partial charge < -0.3 is 5.32 Å². The van der Waals surface area contributed by atoms with Crippen LogP contribution in [0.2, 0.25) is 0 Å². The van der Waals surface area contributed by atoms with Crippen molar-refractivity contribution in [3.05, 3.63) is 0 Å². The van der Waals surface area contributed by atoms with Crippen LogP contribution in [0.3, 0.4) is 0 Å². The summed E-state index contributed by atoms with van der Waals surface area (Å²) >= 11 is 2.05. The maximum atomic E-state index is 3.59. The van der Waals surface area contributed by atoms with E-state index in [1.54, 1.807) is 0 Å². The van der Waals surface area contributed by atoms with Gasteiger partial charge in [-0.1, -0.05) is 6.42 Å². The molecule has 3 heterocycles. The first-order valence-electron chi connectivity index (χ1n) is 7.53. The summed E-state index contributed by atoms with van der Waals surface area (Å²) in [5.74, 6) is 0. The number of piperidine rings is 1. The molecule has 0 radical (unpaired) electrons. The lowest BCUT2D eigenvalue weighted by atomic mass is 9.95. The minimum absolute atomic E-state index is 0.735. The van der Waals surface area contributed by atoms with Crippen LogP contribution < -0.4 is 5.32 Å². The van der Waals surface area contributed by atoms with Crippen molar-refractivity contribution in [3.63, 3.8) is 0 Å². The summed E-state index contributed by atoms with van der Waals surface area (Å²) in [5, 5.41) is 4.38. The van der Waals surface area contributed by atoms with E-state index in [0.717, 1.165) is 23.4 Å². The van der Waals surface area contributed by atoms with E-state index in [4.69, 9.17) is 0 Å². The lowest BCUT2D eigenvalue weighted by molar-refractivity contribution is -0.00261. The first kappa shape index (κ1) is 13.2. The highest BCUT2D eigenvalue weighted by atomic mass is 32.2. The number of nitrogens with one attached hydrogen (secondary N) is 1. The summed E-state index contributed by atoms with van der Waals surface area (Å²) in [6.45, 7) is 8.77. The van der Waals surface area contributed by atoms with Gasteiger partial charge in [0, 0.05) is 49.6 Å². The van der Waals surface area contributed by atoms with Gasteiger partial charge in [0.1, 0.15) is 0 Å². The summed E-state index contributed by atoms with van der Waals surface area (Å²) in [5.41, 5.74) is 0. The zero-order valence-corrected chi connectivity index (χ0v) is 12.6. The highest BCUT2D eigenvalue weighted by Gasteiger charge is 2.40. The van der Waals surface area contributed by atoms with Gasteiger partial charge in [-0.15, -0.1) is 0 Å². The molecule has 0 amide bonds. The standard InChI is InChI=1S/C14H27N3S/c1-11-9-16-6-4-3-5-12(16)10-17(11)13-7-15-8-14(13)18-2/h11-15H,3-10H2,1-2H3. The Morgan fingerprint density at radius 1 is 1.17 bits per heavy atom. The second kappa shape index (κ2) is 5.70. The van der Waals surface area contributed by atoms with Gasteiger partial charge in [0.2, 0.25) is 0 Å². The number of piperazine rings is 1. The van der Waals surface area contributed by atoms with Crippen LogP contribution in [-0.4, -0.2) is 72.2 Å². The SMILES string of the molecule is CSC1CNCC1N1CC2CCCCN2CC1C. The third-order valence-electron chi connectivity index (χ3n) is 5.09. The fourth-order valence-electron chi connectivity index (χ4n) is 4.05. The van der Waals surface area contributed by atoms with E-state index in [1.165, 1.54) is 52.0 Å². The fraction of sp³-hybridized carbons (Fsp3) is 1.00. The Bertz CT molecular complexity index is 286. The molecule has 0 spiro atoms. The summed E-state index contributed by atoms with van der Waals surface area (Å²) in [7, 11) is 0. The molecule has 0 saturated carbocycles. The Balaban J connectivity index is 1.68. The first-order chi connectivity index (χ1) is 8.79. The summed E-state index contributed by atoms with van der Waals surface area (Å²) in [6.07, 6.45) is 6.55. The number of fused-ring (bicyclic) bond motifs is 1. The average Bonchev–Trinajstić information content (AvgIpc) is 2.86. The highest BCUT2D eigenvalue weighted by Crippen LogP contribution is 2.29. The lowest BCUT2D eigenvalue weighted by Crippen LogP contribution is -2.62. The summed E-state index contributed by atoms with van der Waals surface area (Å²) in [4.78, 5) is 5.56. The molecule has 3 rings (SSSR count). The molecule has 4 atom stereocenters. The minimum Gasteiger partial charge on any atom is -0.314 e. The molecule has 18 heavy (non-hydrogen) atoms. The van der Waals surface area contributed by atoms with E-state index in [9.17, 15) is 0 Å². The molecule has 1 N–H and O–H groups in total. The van der Waals surface area contributed by atoms with E-state index >= 15 is 0 Å². The van der Waals surface area contributed by atoms with Crippen molar-refractivity contribution in [3.8, 4) is 0 Å². The van der Waals surface area contributed by atoms with E-state index in [-0.39, 0.29) is 0 Å². The molecule has 3 fully saturated rings. The Morgan fingerprint density at radius 2 is 2.06 bits per heavy atom. The minimum atomic E-state index is 0.735. The molecule has 3 aliphatic heterocycles. The Morgan fingerprint density at radius 3 is 2.89 bits per heavy atom. The predicted octanol–water partition coefficient (Wildman–Crippen LogP) is 1.25. The van der Waals surface area contributed by atoms with Crippen molar-refractivity contribution in [2.45, 2.75) is 49.6 Å².